The van der Waals surface area contributed by atoms with E-state index in [4.69, 9.17) is 14.2 Å². The summed E-state index contributed by atoms with van der Waals surface area (Å²) in [5.41, 5.74) is 0.761. The lowest BCUT2D eigenvalue weighted by Gasteiger charge is -2.05. The topological polar surface area (TPSA) is 73.9 Å². The predicted octanol–water partition coefficient (Wildman–Crippen LogP) is 1.07. The van der Waals surface area contributed by atoms with Crippen molar-refractivity contribution in [3.8, 4) is 11.5 Å². The molecule has 0 radical (unpaired) electrons. The lowest BCUT2D eigenvalue weighted by atomic mass is 10.1. The van der Waals surface area contributed by atoms with Gasteiger partial charge in [0.1, 0.15) is 5.70 Å². The van der Waals surface area contributed by atoms with E-state index in [2.05, 4.69) is 5.32 Å². The predicted molar refractivity (Wildman–Crippen MR) is 66.4 cm³/mol. The van der Waals surface area contributed by atoms with E-state index in [9.17, 15) is 9.59 Å². The molecule has 1 amide bonds. The van der Waals surface area contributed by atoms with Gasteiger partial charge >= 0.3 is 5.97 Å². The van der Waals surface area contributed by atoms with Gasteiger partial charge in [0.25, 0.3) is 0 Å². The Labute approximate surface area is 110 Å². The van der Waals surface area contributed by atoms with Crippen LogP contribution in [0.3, 0.4) is 0 Å². The lowest BCUT2D eigenvalue weighted by Crippen LogP contribution is -2.20. The van der Waals surface area contributed by atoms with Crippen molar-refractivity contribution in [3.63, 3.8) is 0 Å². The molecule has 6 nitrogen and oxygen atoms in total. The van der Waals surface area contributed by atoms with E-state index in [0.29, 0.717) is 23.5 Å². The first kappa shape index (κ1) is 12.9. The zero-order chi connectivity index (χ0) is 13.7. The maximum Gasteiger partial charge on any atom is 0.354 e. The molecule has 1 heterocycles. The van der Waals surface area contributed by atoms with Crippen LogP contribution in [-0.4, -0.2) is 25.8 Å². The molecule has 1 aliphatic rings. The van der Waals surface area contributed by atoms with Gasteiger partial charge < -0.3 is 19.5 Å². The molecule has 0 saturated heterocycles. The van der Waals surface area contributed by atoms with Gasteiger partial charge in [0.05, 0.1) is 6.61 Å². The van der Waals surface area contributed by atoms with Crippen LogP contribution in [0.15, 0.2) is 23.9 Å². The summed E-state index contributed by atoms with van der Waals surface area (Å²) in [5, 5.41) is 2.32. The van der Waals surface area contributed by atoms with Gasteiger partial charge in [0.2, 0.25) is 13.2 Å². The minimum Gasteiger partial charge on any atom is -0.461 e. The van der Waals surface area contributed by atoms with Gasteiger partial charge in [0, 0.05) is 0 Å². The lowest BCUT2D eigenvalue weighted by molar-refractivity contribution is -0.139. The summed E-state index contributed by atoms with van der Waals surface area (Å²) in [5.74, 6) is 0.661. The van der Waals surface area contributed by atoms with Crippen LogP contribution in [0.4, 0.5) is 0 Å². The van der Waals surface area contributed by atoms with Crippen molar-refractivity contribution in [3.05, 3.63) is 29.5 Å². The summed E-state index contributed by atoms with van der Waals surface area (Å²) in [4.78, 5) is 22.1. The fourth-order valence-electron chi connectivity index (χ4n) is 1.60. The first-order chi connectivity index (χ1) is 9.24. The van der Waals surface area contributed by atoms with Crippen LogP contribution in [0.5, 0.6) is 11.5 Å². The van der Waals surface area contributed by atoms with E-state index >= 15 is 0 Å². The van der Waals surface area contributed by atoms with Gasteiger partial charge in [-0.05, 0) is 30.7 Å². The Bertz CT molecular complexity index is 524. The molecule has 1 aromatic rings. The number of carbonyl (C=O) groups excluding carboxylic acids is 2. The monoisotopic (exact) mass is 263 g/mol. The van der Waals surface area contributed by atoms with Crippen LogP contribution in [0.2, 0.25) is 0 Å². The summed E-state index contributed by atoms with van der Waals surface area (Å²) in [6.45, 7) is 2.11. The minimum absolute atomic E-state index is 0.0655. The largest absolute Gasteiger partial charge is 0.461 e. The van der Waals surface area contributed by atoms with E-state index in [0.717, 1.165) is 0 Å². The van der Waals surface area contributed by atoms with Crippen LogP contribution in [-0.2, 0) is 14.3 Å². The Kier molecular flexibility index (Phi) is 4.02. The molecule has 0 aromatic heterocycles. The average Bonchev–Trinajstić information content (AvgIpc) is 2.86. The summed E-state index contributed by atoms with van der Waals surface area (Å²) in [6, 6.07) is 5.20. The van der Waals surface area contributed by atoms with Gasteiger partial charge in [-0.25, -0.2) is 4.79 Å². The molecule has 1 N–H and O–H groups in total. The molecule has 0 bridgehead atoms. The van der Waals surface area contributed by atoms with Gasteiger partial charge in [-0.2, -0.15) is 0 Å². The molecule has 0 atom stereocenters. The molecule has 6 heteroatoms. The van der Waals surface area contributed by atoms with Crippen molar-refractivity contribution in [2.45, 2.75) is 6.92 Å². The second kappa shape index (κ2) is 5.90. The number of carbonyl (C=O) groups is 2. The van der Waals surface area contributed by atoms with Crippen molar-refractivity contribution in [1.82, 2.24) is 5.32 Å². The number of hydrogen-bond acceptors (Lipinski definition) is 5. The molecule has 0 fully saturated rings. The van der Waals surface area contributed by atoms with Crippen molar-refractivity contribution in [2.24, 2.45) is 0 Å². The SMILES string of the molecule is CCOC(=O)/C(=C/c1ccc2c(c1)OCO2)NC=O. The average molecular weight is 263 g/mol. The highest BCUT2D eigenvalue weighted by atomic mass is 16.7. The Morgan fingerprint density at radius 1 is 1.42 bits per heavy atom. The second-order valence-electron chi connectivity index (χ2n) is 3.65. The highest BCUT2D eigenvalue weighted by molar-refractivity contribution is 5.95. The maximum absolute atomic E-state index is 11.6. The van der Waals surface area contributed by atoms with Gasteiger partial charge in [-0.15, -0.1) is 0 Å². The number of nitrogens with one attached hydrogen (secondary N) is 1. The molecule has 1 aliphatic heterocycles. The van der Waals surface area contributed by atoms with Crippen LogP contribution >= 0.6 is 0 Å². The smallest absolute Gasteiger partial charge is 0.354 e. The zero-order valence-corrected chi connectivity index (χ0v) is 10.3. The van der Waals surface area contributed by atoms with Crippen LogP contribution < -0.4 is 14.8 Å². The summed E-state index contributed by atoms with van der Waals surface area (Å²) >= 11 is 0. The molecular weight excluding hydrogens is 250 g/mol. The van der Waals surface area contributed by atoms with Crippen molar-refractivity contribution in [2.75, 3.05) is 13.4 Å². The van der Waals surface area contributed by atoms with Gasteiger partial charge in [0.15, 0.2) is 11.5 Å². The molecular formula is C13H13NO5. The number of esters is 1. The standard InChI is InChI=1S/C13H13NO5/c1-2-17-13(16)10(14-7-15)5-9-3-4-11-12(6-9)19-8-18-11/h3-7H,2,8H2,1H3,(H,14,15)/b10-5-. The molecule has 1 aromatic carbocycles. The maximum atomic E-state index is 11.6. The third kappa shape index (κ3) is 3.04. The molecule has 19 heavy (non-hydrogen) atoms. The molecule has 0 unspecified atom stereocenters. The Morgan fingerprint density at radius 2 is 2.21 bits per heavy atom. The van der Waals surface area contributed by atoms with E-state index in [1.54, 1.807) is 25.1 Å². The number of hydrogen-bond donors (Lipinski definition) is 1. The molecule has 2 rings (SSSR count). The van der Waals surface area contributed by atoms with Crippen molar-refractivity contribution >= 4 is 18.5 Å². The van der Waals surface area contributed by atoms with Crippen LogP contribution in [0.1, 0.15) is 12.5 Å². The Hall–Kier alpha value is -2.50. The number of amides is 1. The molecule has 0 spiro atoms. The van der Waals surface area contributed by atoms with Gasteiger partial charge in [-0.1, -0.05) is 6.07 Å². The highest BCUT2D eigenvalue weighted by Gasteiger charge is 2.14. The number of benzene rings is 1. The molecule has 0 saturated carbocycles. The van der Waals surface area contributed by atoms with Gasteiger partial charge in [-0.3, -0.25) is 4.79 Å². The Balaban J connectivity index is 2.25. The van der Waals surface area contributed by atoms with E-state index in [-0.39, 0.29) is 19.1 Å². The van der Waals surface area contributed by atoms with Crippen LogP contribution in [0, 0.1) is 0 Å². The Morgan fingerprint density at radius 3 is 2.95 bits per heavy atom. The zero-order valence-electron chi connectivity index (χ0n) is 10.3. The third-order valence-electron chi connectivity index (χ3n) is 2.42. The first-order valence-corrected chi connectivity index (χ1v) is 5.73. The molecule has 0 aliphatic carbocycles. The molecule has 100 valence electrons. The summed E-state index contributed by atoms with van der Waals surface area (Å²) in [6.07, 6.45) is 1.93. The van der Waals surface area contributed by atoms with E-state index in [1.165, 1.54) is 6.08 Å². The van der Waals surface area contributed by atoms with Crippen molar-refractivity contribution < 1.29 is 23.8 Å². The summed E-state index contributed by atoms with van der Waals surface area (Å²) < 4.78 is 15.3. The normalized spacial score (nSPS) is 13.0. The second-order valence-corrected chi connectivity index (χ2v) is 3.65. The van der Waals surface area contributed by atoms with Crippen molar-refractivity contribution in [1.29, 1.82) is 0 Å². The van der Waals surface area contributed by atoms with E-state index < -0.39 is 5.97 Å². The number of ether oxygens (including phenoxy) is 3. The first-order valence-electron chi connectivity index (χ1n) is 5.73. The minimum atomic E-state index is -0.590. The summed E-state index contributed by atoms with van der Waals surface area (Å²) in [7, 11) is 0. The quantitative estimate of drug-likeness (QED) is 0.488. The fourth-order valence-corrected chi connectivity index (χ4v) is 1.60. The van der Waals surface area contributed by atoms with E-state index in [1.807, 2.05) is 0 Å². The fraction of sp³-hybridized carbons (Fsp3) is 0.231. The number of fused-ring (bicyclic) bond motifs is 1. The highest BCUT2D eigenvalue weighted by Crippen LogP contribution is 2.32. The number of rotatable bonds is 5. The van der Waals surface area contributed by atoms with Crippen LogP contribution in [0.25, 0.3) is 6.08 Å². The third-order valence-corrected chi connectivity index (χ3v) is 2.42.